The van der Waals surface area contributed by atoms with Crippen LogP contribution in [0.2, 0.25) is 5.02 Å². The first-order valence-electron chi connectivity index (χ1n) is 8.12. The topological polar surface area (TPSA) is 140 Å². The van der Waals surface area contributed by atoms with Gasteiger partial charge in [0.1, 0.15) is 35.0 Å². The van der Waals surface area contributed by atoms with E-state index in [0.29, 0.717) is 0 Å². The van der Waals surface area contributed by atoms with Gasteiger partial charge in [-0.1, -0.05) is 35.0 Å². The highest BCUT2D eigenvalue weighted by molar-refractivity contribution is 6.34. The number of aliphatic hydroxyl groups is 2. The molecule has 1 aromatic rings. The molecule has 1 heterocycles. The zero-order valence-electron chi connectivity index (χ0n) is 14.4. The molecule has 1 aromatic carbocycles. The Kier molecular flexibility index (Phi) is 6.84. The number of oxime groups is 1. The Balaban J connectivity index is 2.52. The van der Waals surface area contributed by atoms with Crippen molar-refractivity contribution in [1.82, 2.24) is 0 Å². The van der Waals surface area contributed by atoms with E-state index in [9.17, 15) is 25.2 Å². The Morgan fingerprint density at radius 1 is 1.15 bits per heavy atom. The molecule has 0 saturated carbocycles. The second kappa shape index (κ2) is 8.90. The highest BCUT2D eigenvalue weighted by Crippen LogP contribution is 2.37. The van der Waals surface area contributed by atoms with Crippen LogP contribution >= 0.6 is 11.6 Å². The van der Waals surface area contributed by atoms with Gasteiger partial charge < -0.3 is 30.4 Å². The molecule has 9 heteroatoms. The summed E-state index contributed by atoms with van der Waals surface area (Å²) in [6, 6.07) is 0.937. The number of nitrogens with zero attached hydrogens (tertiary/aromatic N) is 1. The fourth-order valence-corrected chi connectivity index (χ4v) is 2.75. The highest BCUT2D eigenvalue weighted by Gasteiger charge is 2.25. The van der Waals surface area contributed by atoms with Crippen molar-refractivity contribution in [1.29, 1.82) is 0 Å². The predicted octanol–water partition coefficient (Wildman–Crippen LogP) is 2.21. The lowest BCUT2D eigenvalue weighted by Crippen LogP contribution is -2.32. The maximum absolute atomic E-state index is 12.5. The number of aliphatic hydroxyl groups excluding tert-OH is 2. The molecule has 5 N–H and O–H groups in total. The van der Waals surface area contributed by atoms with E-state index in [4.69, 9.17) is 21.5 Å². The lowest BCUT2D eigenvalue weighted by atomic mass is 10.0. The first-order chi connectivity index (χ1) is 12.8. The summed E-state index contributed by atoms with van der Waals surface area (Å²) in [5.41, 5.74) is -0.369. The average molecular weight is 398 g/mol. The standard InChI is InChI=1S/C18H20ClNO7/c1-9-4-2-6-11(20-26)17(24)12(21)7-3-5-10-15(18(25)27-9)13(22)8-14(23)16(10)19/h2-3,5-6,8-9,12,17,21-24,26H,4,7H2,1H3/b5-3+,6-2-,20-11?/t9-,12-,17+/m0/s1. The molecule has 0 aliphatic carbocycles. The molecule has 146 valence electrons. The minimum Gasteiger partial charge on any atom is -0.507 e. The predicted molar refractivity (Wildman–Crippen MR) is 98.3 cm³/mol. The third-order valence-corrected chi connectivity index (χ3v) is 4.37. The smallest absolute Gasteiger partial charge is 0.342 e. The number of aromatic hydroxyl groups is 2. The summed E-state index contributed by atoms with van der Waals surface area (Å²) in [6.45, 7) is 1.60. The van der Waals surface area contributed by atoms with Crippen molar-refractivity contribution in [2.75, 3.05) is 0 Å². The molecular formula is C18H20ClNO7. The number of fused-ring (bicyclic) bond motifs is 1. The number of esters is 1. The minimum atomic E-state index is -1.45. The number of carbonyl (C=O) groups is 1. The van der Waals surface area contributed by atoms with Crippen molar-refractivity contribution in [3.8, 4) is 11.5 Å². The zero-order chi connectivity index (χ0) is 20.1. The number of cyclic esters (lactones) is 1. The summed E-state index contributed by atoms with van der Waals surface area (Å²) in [5.74, 6) is -1.78. The molecular weight excluding hydrogens is 378 g/mol. The highest BCUT2D eigenvalue weighted by atomic mass is 35.5. The fraction of sp³-hybridized carbons (Fsp3) is 0.333. The number of rotatable bonds is 0. The fourth-order valence-electron chi connectivity index (χ4n) is 2.53. The third kappa shape index (κ3) is 4.79. The number of benzene rings is 1. The van der Waals surface area contributed by atoms with Crippen molar-refractivity contribution in [2.24, 2.45) is 5.16 Å². The summed E-state index contributed by atoms with van der Waals surface area (Å²) < 4.78 is 5.28. The van der Waals surface area contributed by atoms with E-state index >= 15 is 0 Å². The van der Waals surface area contributed by atoms with Crippen LogP contribution in [0.1, 0.15) is 35.7 Å². The van der Waals surface area contributed by atoms with Crippen LogP contribution < -0.4 is 0 Å². The van der Waals surface area contributed by atoms with Crippen LogP contribution in [0.5, 0.6) is 11.5 Å². The molecule has 1 aliphatic rings. The number of ether oxygens (including phenoxy) is 1. The Hall–Kier alpha value is -2.55. The summed E-state index contributed by atoms with van der Waals surface area (Å²) in [5, 5.41) is 51.8. The largest absolute Gasteiger partial charge is 0.507 e. The second-order valence-corrected chi connectivity index (χ2v) is 6.42. The van der Waals surface area contributed by atoms with Gasteiger partial charge in [0.25, 0.3) is 0 Å². The maximum atomic E-state index is 12.5. The van der Waals surface area contributed by atoms with Crippen molar-refractivity contribution in [3.05, 3.63) is 40.4 Å². The van der Waals surface area contributed by atoms with Crippen LogP contribution in [-0.2, 0) is 4.74 Å². The van der Waals surface area contributed by atoms with E-state index in [2.05, 4.69) is 5.16 Å². The van der Waals surface area contributed by atoms with Gasteiger partial charge in [-0.3, -0.25) is 0 Å². The SMILES string of the molecule is C[C@H]1C/C=C\C(=NO)[C@@H](O)[C@@H](O)C/C=C/c2c(Cl)c(O)cc(O)c2C(=O)O1. The molecule has 8 nitrogen and oxygen atoms in total. The van der Waals surface area contributed by atoms with Gasteiger partial charge in [-0.2, -0.15) is 0 Å². The minimum absolute atomic E-state index is 0.0108. The summed E-state index contributed by atoms with van der Waals surface area (Å²) in [4.78, 5) is 12.5. The molecule has 0 radical (unpaired) electrons. The van der Waals surface area contributed by atoms with Crippen LogP contribution in [0.3, 0.4) is 0 Å². The Bertz CT molecular complexity index is 803. The molecule has 1 aliphatic heterocycles. The summed E-state index contributed by atoms with van der Waals surface area (Å²) in [7, 11) is 0. The van der Waals surface area contributed by atoms with Crippen molar-refractivity contribution >= 4 is 29.4 Å². The molecule has 27 heavy (non-hydrogen) atoms. The van der Waals surface area contributed by atoms with Crippen LogP contribution in [0.4, 0.5) is 0 Å². The second-order valence-electron chi connectivity index (χ2n) is 6.05. The van der Waals surface area contributed by atoms with E-state index < -0.39 is 35.8 Å². The molecule has 0 fully saturated rings. The molecule has 3 atom stereocenters. The normalized spacial score (nSPS) is 28.1. The summed E-state index contributed by atoms with van der Waals surface area (Å²) >= 11 is 6.05. The van der Waals surface area contributed by atoms with Crippen molar-refractivity contribution < 1.29 is 35.2 Å². The molecule has 2 rings (SSSR count). The Morgan fingerprint density at radius 2 is 1.81 bits per heavy atom. The van der Waals surface area contributed by atoms with Crippen LogP contribution in [0, 0.1) is 0 Å². The molecule has 0 bridgehead atoms. The lowest BCUT2D eigenvalue weighted by Gasteiger charge is -2.18. The Labute approximate surface area is 160 Å². The van der Waals surface area contributed by atoms with Gasteiger partial charge in [0, 0.05) is 18.1 Å². The van der Waals surface area contributed by atoms with Crippen molar-refractivity contribution in [2.45, 2.75) is 38.1 Å². The molecule has 0 amide bonds. The van der Waals surface area contributed by atoms with Gasteiger partial charge in [0.05, 0.1) is 11.1 Å². The van der Waals surface area contributed by atoms with Gasteiger partial charge in [-0.25, -0.2) is 4.79 Å². The number of phenolic OH excluding ortho intramolecular Hbond substituents is 2. The Morgan fingerprint density at radius 3 is 2.48 bits per heavy atom. The van der Waals surface area contributed by atoms with Gasteiger partial charge in [-0.15, -0.1) is 0 Å². The summed E-state index contributed by atoms with van der Waals surface area (Å²) in [6.07, 6.45) is 2.26. The molecule has 0 spiro atoms. The molecule has 0 unspecified atom stereocenters. The molecule has 0 saturated heterocycles. The average Bonchev–Trinajstić information content (AvgIpc) is 2.61. The molecule has 0 aromatic heterocycles. The van der Waals surface area contributed by atoms with E-state index in [1.807, 2.05) is 0 Å². The maximum Gasteiger partial charge on any atom is 0.342 e. The van der Waals surface area contributed by atoms with E-state index in [1.54, 1.807) is 6.92 Å². The first-order valence-corrected chi connectivity index (χ1v) is 8.50. The van der Waals surface area contributed by atoms with Crippen molar-refractivity contribution in [3.63, 3.8) is 0 Å². The number of halogens is 1. The third-order valence-electron chi connectivity index (χ3n) is 3.97. The first kappa shape index (κ1) is 20.8. The van der Waals surface area contributed by atoms with Crippen LogP contribution in [-0.4, -0.2) is 55.6 Å². The number of hydrogen-bond donors (Lipinski definition) is 5. The quantitative estimate of drug-likeness (QED) is 0.257. The van der Waals surface area contributed by atoms with Gasteiger partial charge in [0.15, 0.2) is 0 Å². The number of phenols is 2. The van der Waals surface area contributed by atoms with E-state index in [1.165, 1.54) is 24.3 Å². The van der Waals surface area contributed by atoms with Gasteiger partial charge in [0.2, 0.25) is 0 Å². The van der Waals surface area contributed by atoms with Crippen LogP contribution in [0.25, 0.3) is 6.08 Å². The van der Waals surface area contributed by atoms with Gasteiger partial charge >= 0.3 is 5.97 Å². The monoisotopic (exact) mass is 397 g/mol. The van der Waals surface area contributed by atoms with Crippen LogP contribution in [0.15, 0.2) is 29.5 Å². The zero-order valence-corrected chi connectivity index (χ0v) is 15.2. The van der Waals surface area contributed by atoms with E-state index in [-0.39, 0.29) is 34.7 Å². The number of carbonyl (C=O) groups excluding carboxylic acids is 1. The number of hydrogen-bond acceptors (Lipinski definition) is 8. The van der Waals surface area contributed by atoms with Gasteiger partial charge in [-0.05, 0) is 19.4 Å². The lowest BCUT2D eigenvalue weighted by molar-refractivity contribution is 0.0344. The van der Waals surface area contributed by atoms with E-state index in [0.717, 1.165) is 6.07 Å².